The third kappa shape index (κ3) is 4.05. The van der Waals surface area contributed by atoms with E-state index in [-0.39, 0.29) is 0 Å². The Kier molecular flexibility index (Phi) is 5.81. The summed E-state index contributed by atoms with van der Waals surface area (Å²) < 4.78 is 4.76. The van der Waals surface area contributed by atoms with E-state index < -0.39 is 0 Å². The van der Waals surface area contributed by atoms with Crippen LogP contribution in [0.25, 0.3) is 49.5 Å². The van der Waals surface area contributed by atoms with Gasteiger partial charge in [0.25, 0.3) is 0 Å². The molecule has 0 amide bonds. The Hall–Kier alpha value is -3.91. The summed E-state index contributed by atoms with van der Waals surface area (Å²) >= 11 is 0. The van der Waals surface area contributed by atoms with Gasteiger partial charge in [-0.25, -0.2) is 4.57 Å². The van der Waals surface area contributed by atoms with Crippen molar-refractivity contribution in [3.8, 4) is 16.9 Å². The molecule has 39 heavy (non-hydrogen) atoms. The standard InChI is InChI=1S/C37H37N2/c1-24-19-25(2)26(3)34(20-24)37-31-16-14-30(23-29(31)17-18-38(37)4)39-35-12-8-7-11-32(35)33-15-13-28(22-36(33)39)21-27-9-5-6-10-27/h7-8,11-20,22-23,27H,5-6,9-10,21H2,1-4H3/q+1. The summed E-state index contributed by atoms with van der Waals surface area (Å²) in [6.07, 6.45) is 8.96. The van der Waals surface area contributed by atoms with Crippen molar-refractivity contribution in [1.82, 2.24) is 4.57 Å². The molecule has 0 spiro atoms. The van der Waals surface area contributed by atoms with E-state index in [9.17, 15) is 0 Å². The summed E-state index contributed by atoms with van der Waals surface area (Å²) in [6.45, 7) is 6.67. The molecule has 2 nitrogen and oxygen atoms in total. The van der Waals surface area contributed by atoms with Crippen molar-refractivity contribution in [2.24, 2.45) is 13.0 Å². The van der Waals surface area contributed by atoms with Crippen LogP contribution in [0.1, 0.15) is 47.9 Å². The molecule has 0 aliphatic heterocycles. The van der Waals surface area contributed by atoms with E-state index in [4.69, 9.17) is 0 Å². The lowest BCUT2D eigenvalue weighted by atomic mass is 9.94. The molecule has 0 N–H and O–H groups in total. The van der Waals surface area contributed by atoms with E-state index in [0.29, 0.717) is 0 Å². The summed E-state index contributed by atoms with van der Waals surface area (Å²) in [5, 5.41) is 5.23. The van der Waals surface area contributed by atoms with Crippen LogP contribution in [0, 0.1) is 26.7 Å². The van der Waals surface area contributed by atoms with E-state index >= 15 is 0 Å². The van der Waals surface area contributed by atoms with E-state index in [1.807, 2.05) is 0 Å². The first kappa shape index (κ1) is 24.2. The van der Waals surface area contributed by atoms with Crippen LogP contribution in [0.15, 0.2) is 85.1 Å². The smallest absolute Gasteiger partial charge is 0.220 e. The number of benzene rings is 4. The molecule has 7 rings (SSSR count). The molecule has 0 unspecified atom stereocenters. The summed E-state index contributed by atoms with van der Waals surface area (Å²) in [6, 6.07) is 30.0. The highest BCUT2D eigenvalue weighted by Crippen LogP contribution is 2.36. The number of aromatic nitrogens is 2. The predicted molar refractivity (Wildman–Crippen MR) is 165 cm³/mol. The van der Waals surface area contributed by atoms with Crippen LogP contribution in [0.5, 0.6) is 0 Å². The van der Waals surface area contributed by atoms with Crippen molar-refractivity contribution >= 4 is 32.6 Å². The molecule has 6 aromatic rings. The number of pyridine rings is 1. The molecule has 2 heterocycles. The minimum atomic E-state index is 0.842. The lowest BCUT2D eigenvalue weighted by Gasteiger charge is -2.14. The molecule has 0 saturated heterocycles. The van der Waals surface area contributed by atoms with Crippen molar-refractivity contribution in [1.29, 1.82) is 0 Å². The van der Waals surface area contributed by atoms with E-state index in [1.54, 1.807) is 0 Å². The van der Waals surface area contributed by atoms with Crippen LogP contribution in [0.4, 0.5) is 0 Å². The maximum absolute atomic E-state index is 2.48. The second-order valence-electron chi connectivity index (χ2n) is 11.9. The normalized spacial score (nSPS) is 14.3. The topological polar surface area (TPSA) is 8.81 Å². The van der Waals surface area contributed by atoms with E-state index in [0.717, 1.165) is 5.92 Å². The van der Waals surface area contributed by atoms with Gasteiger partial charge >= 0.3 is 0 Å². The molecular formula is C37H37N2+. The number of hydrogen-bond donors (Lipinski definition) is 0. The van der Waals surface area contributed by atoms with Gasteiger partial charge in [-0.1, -0.05) is 67.6 Å². The van der Waals surface area contributed by atoms with Crippen molar-refractivity contribution in [2.75, 3.05) is 0 Å². The first-order chi connectivity index (χ1) is 19.0. The summed E-state index contributed by atoms with van der Waals surface area (Å²) in [7, 11) is 2.17. The molecule has 2 heteroatoms. The molecule has 0 bridgehead atoms. The van der Waals surface area contributed by atoms with Gasteiger partial charge < -0.3 is 4.57 Å². The molecule has 0 atom stereocenters. The second-order valence-corrected chi connectivity index (χ2v) is 11.9. The van der Waals surface area contributed by atoms with Crippen molar-refractivity contribution < 1.29 is 4.57 Å². The predicted octanol–water partition coefficient (Wildman–Crippen LogP) is 9.09. The van der Waals surface area contributed by atoms with Gasteiger partial charge in [0, 0.05) is 22.5 Å². The minimum Gasteiger partial charge on any atom is -0.309 e. The van der Waals surface area contributed by atoms with Gasteiger partial charge in [0.05, 0.1) is 22.0 Å². The fourth-order valence-electron chi connectivity index (χ4n) is 7.09. The molecule has 1 saturated carbocycles. The Bertz CT molecular complexity index is 1880. The Balaban J connectivity index is 1.43. The lowest BCUT2D eigenvalue weighted by molar-refractivity contribution is -0.659. The van der Waals surface area contributed by atoms with Crippen LogP contribution < -0.4 is 4.57 Å². The molecule has 1 aliphatic rings. The fourth-order valence-corrected chi connectivity index (χ4v) is 7.09. The first-order valence-corrected chi connectivity index (χ1v) is 14.5. The number of hydrogen-bond acceptors (Lipinski definition) is 0. The molecule has 2 aromatic heterocycles. The number of fused-ring (bicyclic) bond motifs is 4. The van der Waals surface area contributed by atoms with Gasteiger partial charge in [0.1, 0.15) is 7.05 Å². The van der Waals surface area contributed by atoms with Gasteiger partial charge in [-0.15, -0.1) is 0 Å². The van der Waals surface area contributed by atoms with E-state index in [2.05, 4.69) is 122 Å². The Labute approximate surface area is 231 Å². The maximum atomic E-state index is 2.48. The highest BCUT2D eigenvalue weighted by atomic mass is 15.0. The summed E-state index contributed by atoms with van der Waals surface area (Å²) in [4.78, 5) is 0. The van der Waals surface area contributed by atoms with Crippen LogP contribution in [0.2, 0.25) is 0 Å². The lowest BCUT2D eigenvalue weighted by Crippen LogP contribution is -2.30. The number of nitrogens with zero attached hydrogens (tertiary/aromatic N) is 2. The van der Waals surface area contributed by atoms with Crippen LogP contribution in [-0.2, 0) is 13.5 Å². The van der Waals surface area contributed by atoms with Crippen LogP contribution >= 0.6 is 0 Å². The number of aryl methyl sites for hydroxylation is 3. The average Bonchev–Trinajstić information content (AvgIpc) is 3.56. The summed E-state index contributed by atoms with van der Waals surface area (Å²) in [5.74, 6) is 0.842. The Morgan fingerprint density at radius 2 is 1.54 bits per heavy atom. The maximum Gasteiger partial charge on any atom is 0.220 e. The molecule has 1 aliphatic carbocycles. The van der Waals surface area contributed by atoms with Crippen LogP contribution in [0.3, 0.4) is 0 Å². The highest BCUT2D eigenvalue weighted by Gasteiger charge is 2.21. The third-order valence-electron chi connectivity index (χ3n) is 9.18. The quantitative estimate of drug-likeness (QED) is 0.210. The molecule has 0 radical (unpaired) electrons. The van der Waals surface area contributed by atoms with E-state index in [1.165, 1.54) is 104 Å². The average molecular weight is 510 g/mol. The Morgan fingerprint density at radius 3 is 2.38 bits per heavy atom. The van der Waals surface area contributed by atoms with Crippen molar-refractivity contribution in [3.05, 3.63) is 107 Å². The zero-order valence-corrected chi connectivity index (χ0v) is 23.6. The number of para-hydroxylation sites is 1. The fraction of sp³-hybridized carbons (Fsp3) is 0.270. The van der Waals surface area contributed by atoms with Crippen LogP contribution in [-0.4, -0.2) is 4.57 Å². The zero-order valence-electron chi connectivity index (χ0n) is 23.6. The zero-order chi connectivity index (χ0) is 26.7. The van der Waals surface area contributed by atoms with Gasteiger partial charge in [-0.2, -0.15) is 0 Å². The third-order valence-corrected chi connectivity index (χ3v) is 9.18. The summed E-state index contributed by atoms with van der Waals surface area (Å²) in [5.41, 5.74) is 11.9. The second kappa shape index (κ2) is 9.38. The number of rotatable bonds is 4. The van der Waals surface area contributed by atoms with Gasteiger partial charge in [-0.05, 0) is 91.6 Å². The monoisotopic (exact) mass is 509 g/mol. The molecular weight excluding hydrogens is 472 g/mol. The molecule has 194 valence electrons. The molecule has 1 fully saturated rings. The van der Waals surface area contributed by atoms with Gasteiger partial charge in [0.15, 0.2) is 6.20 Å². The Morgan fingerprint density at radius 1 is 0.769 bits per heavy atom. The van der Waals surface area contributed by atoms with Gasteiger partial charge in [-0.3, -0.25) is 0 Å². The minimum absolute atomic E-state index is 0.842. The van der Waals surface area contributed by atoms with Crippen molar-refractivity contribution in [2.45, 2.75) is 52.9 Å². The molecule has 4 aromatic carbocycles. The SMILES string of the molecule is Cc1cc(C)c(C)c(-c2c3ccc(-n4c5ccccc5c5ccc(CC6CCCC6)cc54)cc3cc[n+]2C)c1. The van der Waals surface area contributed by atoms with Gasteiger partial charge in [0.2, 0.25) is 5.69 Å². The largest absolute Gasteiger partial charge is 0.309 e. The highest BCUT2D eigenvalue weighted by molar-refractivity contribution is 6.09. The first-order valence-electron chi connectivity index (χ1n) is 14.5. The van der Waals surface area contributed by atoms with Crippen molar-refractivity contribution in [3.63, 3.8) is 0 Å².